The van der Waals surface area contributed by atoms with E-state index < -0.39 is 0 Å². The number of nitriles is 1. The molecule has 0 unspecified atom stereocenters. The molecule has 0 aliphatic heterocycles. The van der Waals surface area contributed by atoms with E-state index in [0.717, 1.165) is 46.5 Å². The molecule has 0 spiro atoms. The molecular formula is C21H19ClN4O2. The topological polar surface area (TPSA) is 83.8 Å². The van der Waals surface area contributed by atoms with Crippen molar-refractivity contribution in [2.24, 2.45) is 0 Å². The normalized spacial score (nSPS) is 12.2. The fourth-order valence-corrected chi connectivity index (χ4v) is 3.68. The number of amides is 1. The first kappa shape index (κ1) is 18.3. The van der Waals surface area contributed by atoms with E-state index in [1.54, 1.807) is 0 Å². The lowest BCUT2D eigenvalue weighted by Crippen LogP contribution is -2.24. The van der Waals surface area contributed by atoms with Crippen LogP contribution in [0.4, 0.5) is 0 Å². The Morgan fingerprint density at radius 3 is 2.89 bits per heavy atom. The fraction of sp³-hybridized carbons (Fsp3) is 0.286. The van der Waals surface area contributed by atoms with Gasteiger partial charge in [0.1, 0.15) is 5.76 Å². The molecule has 1 aromatic carbocycles. The number of benzene rings is 1. The monoisotopic (exact) mass is 394 g/mol. The largest absolute Gasteiger partial charge is 0.455 e. The third-order valence-corrected chi connectivity index (χ3v) is 5.15. The minimum atomic E-state index is -0.288. The Bertz CT molecular complexity index is 1070. The molecule has 7 heteroatoms. The first-order chi connectivity index (χ1) is 13.6. The number of carbonyl (C=O) groups excluding carboxylic acids is 1. The summed E-state index contributed by atoms with van der Waals surface area (Å²) in [6.07, 6.45) is 3.89. The number of aromatic nitrogens is 2. The summed E-state index contributed by atoms with van der Waals surface area (Å²) in [5, 5.41) is 16.8. The Balaban J connectivity index is 1.62. The molecule has 0 fully saturated rings. The van der Waals surface area contributed by atoms with Crippen LogP contribution < -0.4 is 5.32 Å². The van der Waals surface area contributed by atoms with E-state index in [9.17, 15) is 4.79 Å². The van der Waals surface area contributed by atoms with Crippen molar-refractivity contribution in [3.05, 3.63) is 63.7 Å². The summed E-state index contributed by atoms with van der Waals surface area (Å²) in [6, 6.07) is 9.73. The van der Waals surface area contributed by atoms with Crippen LogP contribution >= 0.6 is 11.6 Å². The molecule has 1 N–H and O–H groups in total. The molecule has 6 nitrogen and oxygen atoms in total. The lowest BCUT2D eigenvalue weighted by molar-refractivity contribution is 0.0924. The summed E-state index contributed by atoms with van der Waals surface area (Å²) in [5.41, 5.74) is 4.86. The summed E-state index contributed by atoms with van der Waals surface area (Å²) in [7, 11) is 0. The number of nitrogens with one attached hydrogen (secondary N) is 1. The molecule has 2 heterocycles. The highest BCUT2D eigenvalue weighted by Gasteiger charge is 2.29. The Labute approximate surface area is 167 Å². The van der Waals surface area contributed by atoms with Gasteiger partial charge in [0.2, 0.25) is 0 Å². The third kappa shape index (κ3) is 3.41. The van der Waals surface area contributed by atoms with Gasteiger partial charge in [0.05, 0.1) is 24.7 Å². The van der Waals surface area contributed by atoms with Crippen molar-refractivity contribution in [3.8, 4) is 17.3 Å². The summed E-state index contributed by atoms with van der Waals surface area (Å²) >= 11 is 5.96. The minimum absolute atomic E-state index is 0.268. The Morgan fingerprint density at radius 1 is 1.36 bits per heavy atom. The second-order valence-corrected chi connectivity index (χ2v) is 7.28. The number of aryl methyl sites for hydroxylation is 2. The highest BCUT2D eigenvalue weighted by molar-refractivity contribution is 6.30. The van der Waals surface area contributed by atoms with Crippen LogP contribution in [-0.4, -0.2) is 22.2 Å². The molecule has 0 radical (unpaired) electrons. The zero-order chi connectivity index (χ0) is 19.7. The van der Waals surface area contributed by atoms with Crippen LogP contribution in [0.5, 0.6) is 0 Å². The average molecular weight is 395 g/mol. The number of nitrogens with zero attached hydrogens (tertiary/aromatic N) is 3. The molecule has 0 atom stereocenters. The highest BCUT2D eigenvalue weighted by atomic mass is 35.5. The fourth-order valence-electron chi connectivity index (χ4n) is 3.55. The molecule has 1 amide bonds. The molecule has 0 bridgehead atoms. The molecule has 2 aromatic heterocycles. The summed E-state index contributed by atoms with van der Waals surface area (Å²) in [4.78, 5) is 12.4. The maximum atomic E-state index is 12.4. The lowest BCUT2D eigenvalue weighted by atomic mass is 9.93. The van der Waals surface area contributed by atoms with Gasteiger partial charge < -0.3 is 9.73 Å². The quantitative estimate of drug-likeness (QED) is 0.665. The number of carbonyl (C=O) groups is 1. The summed E-state index contributed by atoms with van der Waals surface area (Å²) in [5.74, 6) is 0.819. The van der Waals surface area contributed by atoms with Gasteiger partial charge in [-0.25, -0.2) is 0 Å². The van der Waals surface area contributed by atoms with E-state index >= 15 is 0 Å². The number of fused-ring (bicyclic) bond motifs is 3. The van der Waals surface area contributed by atoms with Gasteiger partial charge in [-0.3, -0.25) is 9.48 Å². The van der Waals surface area contributed by atoms with Crippen molar-refractivity contribution in [2.75, 3.05) is 6.54 Å². The molecule has 28 heavy (non-hydrogen) atoms. The second kappa shape index (κ2) is 7.53. The molecule has 0 saturated heterocycles. The zero-order valence-corrected chi connectivity index (χ0v) is 16.2. The summed E-state index contributed by atoms with van der Waals surface area (Å²) in [6.45, 7) is 2.84. The van der Waals surface area contributed by atoms with Gasteiger partial charge in [-0.15, -0.1) is 0 Å². The number of rotatable bonds is 5. The summed E-state index contributed by atoms with van der Waals surface area (Å²) < 4.78 is 7.79. The van der Waals surface area contributed by atoms with Gasteiger partial charge in [-0.1, -0.05) is 23.7 Å². The molecule has 1 aliphatic carbocycles. The molecule has 1 aliphatic rings. The number of hydrogen-bond donors (Lipinski definition) is 1. The minimum Gasteiger partial charge on any atom is -0.455 e. The molecule has 3 aromatic rings. The Kier molecular flexibility index (Phi) is 4.93. The predicted molar refractivity (Wildman–Crippen MR) is 105 cm³/mol. The van der Waals surface area contributed by atoms with Gasteiger partial charge in [0, 0.05) is 35.3 Å². The first-order valence-corrected chi connectivity index (χ1v) is 9.53. The van der Waals surface area contributed by atoms with E-state index in [2.05, 4.69) is 11.5 Å². The molecule has 4 rings (SSSR count). The van der Waals surface area contributed by atoms with Crippen molar-refractivity contribution in [3.63, 3.8) is 0 Å². The highest BCUT2D eigenvalue weighted by Crippen LogP contribution is 2.38. The predicted octanol–water partition coefficient (Wildman–Crippen LogP) is 3.90. The van der Waals surface area contributed by atoms with E-state index in [1.165, 1.54) is 0 Å². The zero-order valence-electron chi connectivity index (χ0n) is 15.5. The molecular weight excluding hydrogens is 376 g/mol. The van der Waals surface area contributed by atoms with Crippen LogP contribution in [0.3, 0.4) is 0 Å². The van der Waals surface area contributed by atoms with Gasteiger partial charge in [0.15, 0.2) is 5.76 Å². The number of hydrogen-bond acceptors (Lipinski definition) is 4. The van der Waals surface area contributed by atoms with Crippen molar-refractivity contribution in [2.45, 2.75) is 32.7 Å². The second-order valence-electron chi connectivity index (χ2n) is 6.85. The van der Waals surface area contributed by atoms with Crippen LogP contribution in [-0.2, 0) is 19.4 Å². The van der Waals surface area contributed by atoms with Crippen LogP contribution in [0.15, 0.2) is 34.9 Å². The van der Waals surface area contributed by atoms with Gasteiger partial charge >= 0.3 is 0 Å². The third-order valence-electron chi connectivity index (χ3n) is 4.90. The van der Waals surface area contributed by atoms with Crippen molar-refractivity contribution in [1.82, 2.24) is 15.1 Å². The average Bonchev–Trinajstić information content (AvgIpc) is 3.24. The van der Waals surface area contributed by atoms with Crippen molar-refractivity contribution in [1.29, 1.82) is 5.26 Å². The van der Waals surface area contributed by atoms with E-state index in [-0.39, 0.29) is 12.3 Å². The number of halogens is 1. The Hall–Kier alpha value is -3.04. The smallest absolute Gasteiger partial charge is 0.287 e. The maximum Gasteiger partial charge on any atom is 0.287 e. The standard InChI is InChI=1S/C21H19ClN4O2/c1-13-18-17(28-20(13)21(27)24-10-2-9-23)8-5-15-12-26(25-19(15)18)11-14-3-6-16(22)7-4-14/h3-4,6-7,12H,2,5,8,10-11H2,1H3,(H,24,27). The van der Waals surface area contributed by atoms with Crippen molar-refractivity contribution < 1.29 is 9.21 Å². The Morgan fingerprint density at radius 2 is 2.14 bits per heavy atom. The number of furan rings is 1. The van der Waals surface area contributed by atoms with Crippen molar-refractivity contribution >= 4 is 17.5 Å². The maximum absolute atomic E-state index is 12.4. The van der Waals surface area contributed by atoms with Crippen LogP contribution in [0.2, 0.25) is 5.02 Å². The van der Waals surface area contributed by atoms with E-state index in [4.69, 9.17) is 26.4 Å². The first-order valence-electron chi connectivity index (χ1n) is 9.15. The molecule has 0 saturated carbocycles. The van der Waals surface area contributed by atoms with Gasteiger partial charge in [0.25, 0.3) is 5.91 Å². The van der Waals surface area contributed by atoms with Crippen LogP contribution in [0.25, 0.3) is 11.3 Å². The lowest BCUT2D eigenvalue weighted by Gasteiger charge is -2.09. The van der Waals surface area contributed by atoms with Crippen LogP contribution in [0, 0.1) is 18.3 Å². The van der Waals surface area contributed by atoms with Gasteiger partial charge in [-0.2, -0.15) is 10.4 Å². The van der Waals surface area contributed by atoms with E-state index in [0.29, 0.717) is 23.9 Å². The molecule has 142 valence electrons. The van der Waals surface area contributed by atoms with Crippen LogP contribution in [0.1, 0.15) is 39.4 Å². The van der Waals surface area contributed by atoms with Gasteiger partial charge in [-0.05, 0) is 36.6 Å². The SMILES string of the molecule is Cc1c(C(=O)NCCC#N)oc2c1-c1nn(Cc3ccc(Cl)cc3)cc1CC2. The van der Waals surface area contributed by atoms with E-state index in [1.807, 2.05) is 41.9 Å².